The van der Waals surface area contributed by atoms with E-state index in [0.29, 0.717) is 12.2 Å². The summed E-state index contributed by atoms with van der Waals surface area (Å²) >= 11 is 0. The van der Waals surface area contributed by atoms with Crippen molar-refractivity contribution in [3.8, 4) is 17.0 Å². The third kappa shape index (κ3) is 6.59. The Kier molecular flexibility index (Phi) is 7.51. The zero-order valence-electron chi connectivity index (χ0n) is 21.3. The molecule has 178 valence electrons. The van der Waals surface area contributed by atoms with Crippen molar-refractivity contribution >= 4 is 17.4 Å². The molecule has 0 radical (unpaired) electrons. The van der Waals surface area contributed by atoms with Crippen LogP contribution in [0.2, 0.25) is 0 Å². The fourth-order valence-electron chi connectivity index (χ4n) is 4.59. The van der Waals surface area contributed by atoms with E-state index in [0.717, 1.165) is 54.0 Å². The molecule has 0 aliphatic heterocycles. The Bertz CT molecular complexity index is 1110. The predicted octanol–water partition coefficient (Wildman–Crippen LogP) is 7.42. The number of unbranched alkanes of at least 4 members (excludes halogenated alkanes) is 2. The molecule has 1 N–H and O–H groups in total. The standard InChI is InChI=1S/C28H39N3O2/c1-8-9-10-15-24(32)33-22-14-12-11-13-21(22)25-26(30-28(6,7)19-27(3,4)5)31-17-16-20(2)18-23(31)29-25/h11-14,16-18,30H,8-10,15,19H2,1-7H3. The van der Waals surface area contributed by atoms with Crippen molar-refractivity contribution in [2.45, 2.75) is 86.1 Å². The molecule has 0 amide bonds. The number of hydrogen-bond acceptors (Lipinski definition) is 4. The van der Waals surface area contributed by atoms with Crippen LogP contribution in [0.5, 0.6) is 5.75 Å². The van der Waals surface area contributed by atoms with Gasteiger partial charge in [-0.15, -0.1) is 0 Å². The molecule has 1 aromatic carbocycles. The first-order valence-electron chi connectivity index (χ1n) is 12.1. The van der Waals surface area contributed by atoms with Gasteiger partial charge in [-0.05, 0) is 68.9 Å². The molecular weight excluding hydrogens is 410 g/mol. The summed E-state index contributed by atoms with van der Waals surface area (Å²) in [6.07, 6.45) is 6.40. The number of aryl methyl sites for hydroxylation is 1. The topological polar surface area (TPSA) is 55.6 Å². The molecule has 33 heavy (non-hydrogen) atoms. The molecule has 0 bridgehead atoms. The highest BCUT2D eigenvalue weighted by Crippen LogP contribution is 2.38. The summed E-state index contributed by atoms with van der Waals surface area (Å²) < 4.78 is 7.91. The third-order valence-corrected chi connectivity index (χ3v) is 5.56. The Hall–Kier alpha value is -2.82. The lowest BCUT2D eigenvalue weighted by Gasteiger charge is -2.34. The van der Waals surface area contributed by atoms with Crippen LogP contribution < -0.4 is 10.1 Å². The molecule has 0 atom stereocenters. The lowest BCUT2D eigenvalue weighted by atomic mass is 9.82. The van der Waals surface area contributed by atoms with E-state index in [2.05, 4.69) is 76.5 Å². The number of esters is 1. The van der Waals surface area contributed by atoms with E-state index in [1.165, 1.54) is 0 Å². The summed E-state index contributed by atoms with van der Waals surface area (Å²) in [5, 5.41) is 3.77. The molecule has 0 aliphatic rings. The number of carbonyl (C=O) groups excluding carboxylic acids is 1. The average molecular weight is 450 g/mol. The summed E-state index contributed by atoms with van der Waals surface area (Å²) in [7, 11) is 0. The summed E-state index contributed by atoms with van der Waals surface area (Å²) in [6, 6.07) is 11.8. The fraction of sp³-hybridized carbons (Fsp3) is 0.500. The van der Waals surface area contributed by atoms with Gasteiger partial charge in [0.2, 0.25) is 0 Å². The Labute approximate surface area is 198 Å². The van der Waals surface area contributed by atoms with E-state index in [9.17, 15) is 4.79 Å². The number of anilines is 1. The molecule has 2 heterocycles. The van der Waals surface area contributed by atoms with E-state index in [1.807, 2.05) is 24.3 Å². The maximum Gasteiger partial charge on any atom is 0.311 e. The highest BCUT2D eigenvalue weighted by molar-refractivity contribution is 5.83. The van der Waals surface area contributed by atoms with Crippen LogP contribution in [-0.2, 0) is 4.79 Å². The second-order valence-electron chi connectivity index (χ2n) is 10.9. The van der Waals surface area contributed by atoms with Crippen LogP contribution in [0, 0.1) is 12.3 Å². The van der Waals surface area contributed by atoms with Gasteiger partial charge in [0.15, 0.2) is 0 Å². The highest BCUT2D eigenvalue weighted by atomic mass is 16.5. The first kappa shape index (κ1) is 24.8. The van der Waals surface area contributed by atoms with Crippen LogP contribution in [0.15, 0.2) is 42.6 Å². The van der Waals surface area contributed by atoms with Crippen molar-refractivity contribution in [1.29, 1.82) is 0 Å². The fourth-order valence-corrected chi connectivity index (χ4v) is 4.59. The van der Waals surface area contributed by atoms with Crippen molar-refractivity contribution in [2.75, 3.05) is 5.32 Å². The molecule has 0 saturated heterocycles. The Morgan fingerprint density at radius 1 is 1.09 bits per heavy atom. The third-order valence-electron chi connectivity index (χ3n) is 5.56. The lowest BCUT2D eigenvalue weighted by Crippen LogP contribution is -2.36. The van der Waals surface area contributed by atoms with Crippen LogP contribution in [0.3, 0.4) is 0 Å². The summed E-state index contributed by atoms with van der Waals surface area (Å²) in [5.41, 5.74) is 3.62. The minimum Gasteiger partial charge on any atom is -0.426 e. The van der Waals surface area contributed by atoms with Crippen molar-refractivity contribution < 1.29 is 9.53 Å². The molecule has 0 aliphatic carbocycles. The Morgan fingerprint density at radius 3 is 2.52 bits per heavy atom. The van der Waals surface area contributed by atoms with Crippen LogP contribution in [0.4, 0.5) is 5.82 Å². The predicted molar refractivity (Wildman–Crippen MR) is 137 cm³/mol. The Balaban J connectivity index is 2.05. The van der Waals surface area contributed by atoms with Gasteiger partial charge < -0.3 is 10.1 Å². The number of carbonyl (C=O) groups is 1. The number of aromatic nitrogens is 2. The largest absolute Gasteiger partial charge is 0.426 e. The molecule has 3 rings (SSSR count). The number of ether oxygens (including phenoxy) is 1. The van der Waals surface area contributed by atoms with Gasteiger partial charge in [0.05, 0.1) is 0 Å². The van der Waals surface area contributed by atoms with Crippen LogP contribution in [0.25, 0.3) is 16.9 Å². The number of hydrogen-bond donors (Lipinski definition) is 1. The van der Waals surface area contributed by atoms with Crippen LogP contribution >= 0.6 is 0 Å². The molecule has 2 aromatic heterocycles. The molecule has 0 saturated carbocycles. The quantitative estimate of drug-likeness (QED) is 0.210. The lowest BCUT2D eigenvalue weighted by molar-refractivity contribution is -0.134. The normalized spacial score (nSPS) is 12.2. The molecule has 0 unspecified atom stereocenters. The van der Waals surface area contributed by atoms with Crippen molar-refractivity contribution in [3.05, 3.63) is 48.2 Å². The number of pyridine rings is 1. The molecule has 5 heteroatoms. The molecule has 5 nitrogen and oxygen atoms in total. The van der Waals surface area contributed by atoms with Gasteiger partial charge in [0.1, 0.15) is 22.9 Å². The molecular formula is C28H39N3O2. The smallest absolute Gasteiger partial charge is 0.311 e. The maximum atomic E-state index is 12.5. The maximum absolute atomic E-state index is 12.5. The summed E-state index contributed by atoms with van der Waals surface area (Å²) in [6.45, 7) is 15.4. The number of imidazole rings is 1. The van der Waals surface area contributed by atoms with Gasteiger partial charge in [-0.3, -0.25) is 9.20 Å². The number of benzene rings is 1. The summed E-state index contributed by atoms with van der Waals surface area (Å²) in [4.78, 5) is 17.5. The minimum absolute atomic E-state index is 0.166. The number of nitrogens with zero attached hydrogens (tertiary/aromatic N) is 2. The van der Waals surface area contributed by atoms with Crippen LogP contribution in [-0.4, -0.2) is 20.9 Å². The van der Waals surface area contributed by atoms with Crippen LogP contribution in [0.1, 0.15) is 79.2 Å². The number of rotatable bonds is 9. The highest BCUT2D eigenvalue weighted by Gasteiger charge is 2.28. The minimum atomic E-state index is -0.196. The van der Waals surface area contributed by atoms with Gasteiger partial charge in [-0.2, -0.15) is 0 Å². The van der Waals surface area contributed by atoms with Gasteiger partial charge in [-0.25, -0.2) is 4.98 Å². The monoisotopic (exact) mass is 449 g/mol. The van der Waals surface area contributed by atoms with Crippen molar-refractivity contribution in [3.63, 3.8) is 0 Å². The zero-order chi connectivity index (χ0) is 24.2. The van der Waals surface area contributed by atoms with Gasteiger partial charge in [0.25, 0.3) is 0 Å². The SMILES string of the molecule is CCCCCC(=O)Oc1ccccc1-c1nc2cc(C)ccn2c1NC(C)(C)CC(C)(C)C. The van der Waals surface area contributed by atoms with E-state index >= 15 is 0 Å². The molecule has 3 aromatic rings. The van der Waals surface area contributed by atoms with Crippen molar-refractivity contribution in [1.82, 2.24) is 9.38 Å². The zero-order valence-corrected chi connectivity index (χ0v) is 21.3. The van der Waals surface area contributed by atoms with E-state index in [4.69, 9.17) is 9.72 Å². The van der Waals surface area contributed by atoms with Gasteiger partial charge >= 0.3 is 5.97 Å². The second-order valence-corrected chi connectivity index (χ2v) is 10.9. The van der Waals surface area contributed by atoms with E-state index in [-0.39, 0.29) is 16.9 Å². The number of nitrogens with one attached hydrogen (secondary N) is 1. The Morgan fingerprint density at radius 2 is 1.82 bits per heavy atom. The number of para-hydroxylation sites is 1. The summed E-state index contributed by atoms with van der Waals surface area (Å²) in [5.74, 6) is 1.27. The van der Waals surface area contributed by atoms with Crippen molar-refractivity contribution in [2.24, 2.45) is 5.41 Å². The first-order valence-corrected chi connectivity index (χ1v) is 12.1. The van der Waals surface area contributed by atoms with Gasteiger partial charge in [0, 0.05) is 23.7 Å². The molecule has 0 fully saturated rings. The average Bonchev–Trinajstić information content (AvgIpc) is 3.03. The number of fused-ring (bicyclic) bond motifs is 1. The van der Waals surface area contributed by atoms with E-state index in [1.54, 1.807) is 0 Å². The molecule has 0 spiro atoms. The van der Waals surface area contributed by atoms with E-state index < -0.39 is 0 Å². The van der Waals surface area contributed by atoms with Gasteiger partial charge in [-0.1, -0.05) is 52.7 Å². The second kappa shape index (κ2) is 9.98. The first-order chi connectivity index (χ1) is 15.5.